The van der Waals surface area contributed by atoms with Gasteiger partial charge in [0.25, 0.3) is 5.91 Å². The van der Waals surface area contributed by atoms with Gasteiger partial charge in [0.1, 0.15) is 12.1 Å². The molecule has 3 amide bonds. The molecule has 1 aromatic carbocycles. The molecule has 1 saturated heterocycles. The number of carbonyl (C=O) groups excluding carboxylic acids is 4. The van der Waals surface area contributed by atoms with E-state index in [0.29, 0.717) is 29.4 Å². The molecule has 0 radical (unpaired) electrons. The van der Waals surface area contributed by atoms with Gasteiger partial charge in [-0.15, -0.1) is 0 Å². The Morgan fingerprint density at radius 1 is 1.24 bits per heavy atom. The molecule has 2 aliphatic rings. The lowest BCUT2D eigenvalue weighted by atomic mass is 9.92. The first-order valence-corrected chi connectivity index (χ1v) is 9.42. The van der Waals surface area contributed by atoms with Crippen molar-refractivity contribution >= 4 is 23.7 Å². The Morgan fingerprint density at radius 2 is 1.97 bits per heavy atom. The largest absolute Gasteiger partial charge is 0.456 e. The topological polar surface area (TPSA) is 111 Å². The first kappa shape index (κ1) is 20.6. The number of ketones is 1. The van der Waals surface area contributed by atoms with Crippen LogP contribution in [0, 0.1) is 5.92 Å². The molecule has 2 heterocycles. The number of fused-ring (bicyclic) bond motifs is 1. The lowest BCUT2D eigenvalue weighted by Crippen LogP contribution is -2.44. The summed E-state index contributed by atoms with van der Waals surface area (Å²) < 4.78 is 15.4. The minimum Gasteiger partial charge on any atom is -0.456 e. The molecule has 1 N–H and O–H groups in total. The van der Waals surface area contributed by atoms with Gasteiger partial charge in [-0.2, -0.15) is 0 Å². The van der Waals surface area contributed by atoms with Crippen molar-refractivity contribution in [2.24, 2.45) is 5.92 Å². The zero-order valence-corrected chi connectivity index (χ0v) is 16.6. The molecule has 9 heteroatoms. The van der Waals surface area contributed by atoms with E-state index in [1.54, 1.807) is 19.1 Å². The summed E-state index contributed by atoms with van der Waals surface area (Å²) in [5.41, 5.74) is -0.734. The smallest absolute Gasteiger partial charge is 0.326 e. The van der Waals surface area contributed by atoms with E-state index in [2.05, 4.69) is 5.32 Å². The molecule has 0 bridgehead atoms. The maximum atomic E-state index is 12.6. The minimum absolute atomic E-state index is 0.0873. The maximum Gasteiger partial charge on any atom is 0.326 e. The predicted molar refractivity (Wildman–Crippen MR) is 101 cm³/mol. The highest BCUT2D eigenvalue weighted by molar-refractivity contribution is 6.08. The molecule has 3 rings (SSSR count). The van der Waals surface area contributed by atoms with Crippen LogP contribution in [0.1, 0.15) is 44.0 Å². The second kappa shape index (κ2) is 8.10. The molecule has 1 fully saturated rings. The lowest BCUT2D eigenvalue weighted by molar-refractivity contribution is -0.146. The van der Waals surface area contributed by atoms with Crippen molar-refractivity contribution in [3.05, 3.63) is 23.8 Å². The molecule has 0 aromatic heterocycles. The highest BCUT2D eigenvalue weighted by Gasteiger charge is 2.48. The highest BCUT2D eigenvalue weighted by Crippen LogP contribution is 2.32. The van der Waals surface area contributed by atoms with Crippen LogP contribution in [0.5, 0.6) is 11.5 Å². The van der Waals surface area contributed by atoms with E-state index in [4.69, 9.17) is 14.2 Å². The predicted octanol–water partition coefficient (Wildman–Crippen LogP) is 1.89. The average molecular weight is 404 g/mol. The quantitative estimate of drug-likeness (QED) is 0.400. The van der Waals surface area contributed by atoms with E-state index < -0.39 is 42.4 Å². The lowest BCUT2D eigenvalue weighted by Gasteiger charge is -2.22. The average Bonchev–Trinajstić information content (AvgIpc) is 3.22. The van der Waals surface area contributed by atoms with Crippen LogP contribution < -0.4 is 14.8 Å². The van der Waals surface area contributed by atoms with Gasteiger partial charge in [0.05, 0.1) is 0 Å². The summed E-state index contributed by atoms with van der Waals surface area (Å²) >= 11 is 0. The van der Waals surface area contributed by atoms with Gasteiger partial charge < -0.3 is 19.5 Å². The number of Topliss-reactive ketones (excluding diaryl/α,β-unsaturated/α-hetero) is 1. The van der Waals surface area contributed by atoms with Gasteiger partial charge >= 0.3 is 12.0 Å². The van der Waals surface area contributed by atoms with Crippen molar-refractivity contribution in [2.75, 3.05) is 19.9 Å². The fourth-order valence-electron chi connectivity index (χ4n) is 3.11. The molecule has 156 valence electrons. The normalized spacial score (nSPS) is 20.2. The van der Waals surface area contributed by atoms with Gasteiger partial charge in [0, 0.05) is 5.56 Å². The number of hydrogen-bond acceptors (Lipinski definition) is 7. The van der Waals surface area contributed by atoms with Crippen molar-refractivity contribution < 1.29 is 33.4 Å². The van der Waals surface area contributed by atoms with Crippen LogP contribution in [0.25, 0.3) is 0 Å². The second-order valence-electron chi connectivity index (χ2n) is 7.74. The first-order valence-electron chi connectivity index (χ1n) is 9.42. The Balaban J connectivity index is 1.53. The molecule has 0 aliphatic carbocycles. The van der Waals surface area contributed by atoms with Crippen LogP contribution in [0.3, 0.4) is 0 Å². The fourth-order valence-corrected chi connectivity index (χ4v) is 3.11. The molecule has 9 nitrogen and oxygen atoms in total. The molecule has 0 unspecified atom stereocenters. The van der Waals surface area contributed by atoms with Crippen LogP contribution in [-0.4, -0.2) is 54.1 Å². The second-order valence-corrected chi connectivity index (χ2v) is 7.74. The SMILES string of the molecule is CC(C)CC[C@@]1(C)NC(=O)N(CC(=O)OCC(=O)c2ccc3c(c2)OCO3)C1=O. The number of amides is 3. The van der Waals surface area contributed by atoms with Gasteiger partial charge in [-0.25, -0.2) is 4.79 Å². The highest BCUT2D eigenvalue weighted by atomic mass is 16.7. The molecule has 1 aromatic rings. The molecule has 0 saturated carbocycles. The van der Waals surface area contributed by atoms with Gasteiger partial charge in [0.15, 0.2) is 23.9 Å². The third kappa shape index (κ3) is 4.49. The third-order valence-electron chi connectivity index (χ3n) is 4.91. The monoisotopic (exact) mass is 404 g/mol. The van der Waals surface area contributed by atoms with E-state index in [1.165, 1.54) is 6.07 Å². The van der Waals surface area contributed by atoms with Gasteiger partial charge in [-0.1, -0.05) is 13.8 Å². The number of hydrogen-bond donors (Lipinski definition) is 1. The number of carbonyl (C=O) groups is 4. The maximum absolute atomic E-state index is 12.6. The summed E-state index contributed by atoms with van der Waals surface area (Å²) in [6.45, 7) is 4.73. The molecule has 2 aliphatic heterocycles. The van der Waals surface area contributed by atoms with E-state index in [-0.39, 0.29) is 6.79 Å². The van der Waals surface area contributed by atoms with Gasteiger partial charge in [0.2, 0.25) is 6.79 Å². The number of nitrogens with zero attached hydrogens (tertiary/aromatic N) is 1. The number of rotatable bonds is 8. The molecular formula is C20H24N2O7. The summed E-state index contributed by atoms with van der Waals surface area (Å²) in [7, 11) is 0. The van der Waals surface area contributed by atoms with Crippen LogP contribution in [-0.2, 0) is 14.3 Å². The Bertz CT molecular complexity index is 851. The number of benzene rings is 1. The van der Waals surface area contributed by atoms with E-state index in [0.717, 1.165) is 11.3 Å². The van der Waals surface area contributed by atoms with Crippen molar-refractivity contribution in [3.63, 3.8) is 0 Å². The molecule has 0 spiro atoms. The first-order chi connectivity index (χ1) is 13.7. The third-order valence-corrected chi connectivity index (χ3v) is 4.91. The molecular weight excluding hydrogens is 380 g/mol. The van der Waals surface area contributed by atoms with Gasteiger partial charge in [-0.05, 0) is 43.9 Å². The fraction of sp³-hybridized carbons (Fsp3) is 0.500. The van der Waals surface area contributed by atoms with Crippen molar-refractivity contribution in [2.45, 2.75) is 39.2 Å². The zero-order valence-electron chi connectivity index (χ0n) is 16.6. The van der Waals surface area contributed by atoms with Crippen LogP contribution >= 0.6 is 0 Å². The van der Waals surface area contributed by atoms with Crippen molar-refractivity contribution in [1.82, 2.24) is 10.2 Å². The number of nitrogens with one attached hydrogen (secondary N) is 1. The summed E-state index contributed by atoms with van der Waals surface area (Å²) in [5.74, 6) is -0.383. The Labute approximate surface area is 168 Å². The standard InChI is InChI=1S/C20H24N2O7/c1-12(2)6-7-20(3)18(25)22(19(26)21-20)9-17(24)27-10-14(23)13-4-5-15-16(8-13)29-11-28-15/h4-5,8,12H,6-7,9-11H2,1-3H3,(H,21,26)/t20-/m1/s1. The number of esters is 1. The summed E-state index contributed by atoms with van der Waals surface area (Å²) in [6, 6.07) is 4.01. The number of imide groups is 1. The Hall–Kier alpha value is -3.10. The Kier molecular flexibility index (Phi) is 5.76. The number of ether oxygens (including phenoxy) is 3. The van der Waals surface area contributed by atoms with E-state index in [1.807, 2.05) is 13.8 Å². The Morgan fingerprint density at radius 3 is 2.69 bits per heavy atom. The van der Waals surface area contributed by atoms with Crippen molar-refractivity contribution in [3.8, 4) is 11.5 Å². The zero-order chi connectivity index (χ0) is 21.2. The summed E-state index contributed by atoms with van der Waals surface area (Å²) in [5, 5.41) is 2.64. The van der Waals surface area contributed by atoms with E-state index in [9.17, 15) is 19.2 Å². The van der Waals surface area contributed by atoms with Gasteiger partial charge in [-0.3, -0.25) is 19.3 Å². The molecule has 1 atom stereocenters. The minimum atomic E-state index is -1.04. The number of urea groups is 1. The summed E-state index contributed by atoms with van der Waals surface area (Å²) in [4.78, 5) is 49.9. The van der Waals surface area contributed by atoms with Crippen LogP contribution in [0.2, 0.25) is 0 Å². The summed E-state index contributed by atoms with van der Waals surface area (Å²) in [6.07, 6.45) is 1.23. The van der Waals surface area contributed by atoms with E-state index >= 15 is 0 Å². The van der Waals surface area contributed by atoms with Crippen LogP contribution in [0.15, 0.2) is 18.2 Å². The molecule has 29 heavy (non-hydrogen) atoms. The van der Waals surface area contributed by atoms with Crippen molar-refractivity contribution in [1.29, 1.82) is 0 Å². The van der Waals surface area contributed by atoms with Crippen LogP contribution in [0.4, 0.5) is 4.79 Å².